The molecule has 0 radical (unpaired) electrons. The van der Waals surface area contributed by atoms with E-state index in [0.717, 1.165) is 17.8 Å². The van der Waals surface area contributed by atoms with Crippen LogP contribution in [0.25, 0.3) is 0 Å². The van der Waals surface area contributed by atoms with Crippen LogP contribution in [-0.2, 0) is 6.42 Å². The summed E-state index contributed by atoms with van der Waals surface area (Å²) in [5, 5.41) is 7.68. The van der Waals surface area contributed by atoms with E-state index in [4.69, 9.17) is 11.1 Å². The van der Waals surface area contributed by atoms with Gasteiger partial charge in [0.2, 0.25) is 0 Å². The molecule has 0 amide bonds. The lowest BCUT2D eigenvalue weighted by Crippen LogP contribution is -2.20. The monoisotopic (exact) mass is 268 g/mol. The van der Waals surface area contributed by atoms with Crippen molar-refractivity contribution in [3.63, 3.8) is 0 Å². The van der Waals surface area contributed by atoms with Crippen molar-refractivity contribution in [1.82, 2.24) is 4.98 Å². The van der Waals surface area contributed by atoms with Crippen LogP contribution < -0.4 is 10.6 Å². The van der Waals surface area contributed by atoms with Gasteiger partial charge in [0, 0.05) is 18.4 Å². The van der Waals surface area contributed by atoms with Gasteiger partial charge < -0.3 is 10.6 Å². The number of pyridine rings is 1. The number of nitrogens with one attached hydrogen (secondary N) is 1. The highest BCUT2D eigenvalue weighted by Gasteiger charge is 2.13. The Kier molecular flexibility index (Phi) is 4.03. The van der Waals surface area contributed by atoms with Crippen molar-refractivity contribution in [3.05, 3.63) is 53.2 Å². The number of nitrogens with two attached hydrogens (primary N) is 1. The Bertz CT molecular complexity index is 617. The molecule has 0 aliphatic rings. The third-order valence-corrected chi connectivity index (χ3v) is 3.35. The Morgan fingerprint density at radius 2 is 1.85 bits per heavy atom. The minimum Gasteiger partial charge on any atom is -0.384 e. The summed E-state index contributed by atoms with van der Waals surface area (Å²) in [7, 11) is 1.94. The maximum Gasteiger partial charge on any atom is 0.144 e. The zero-order valence-corrected chi connectivity index (χ0v) is 12.1. The molecule has 0 saturated carbocycles. The molecule has 0 fully saturated rings. The van der Waals surface area contributed by atoms with E-state index >= 15 is 0 Å². The van der Waals surface area contributed by atoms with Crippen molar-refractivity contribution in [2.24, 2.45) is 5.73 Å². The largest absolute Gasteiger partial charge is 0.384 e. The highest BCUT2D eigenvalue weighted by atomic mass is 15.2. The van der Waals surface area contributed by atoms with Crippen LogP contribution in [0.3, 0.4) is 0 Å². The van der Waals surface area contributed by atoms with Gasteiger partial charge in [-0.15, -0.1) is 0 Å². The van der Waals surface area contributed by atoms with E-state index in [1.807, 2.05) is 31.0 Å². The molecule has 0 spiro atoms. The second kappa shape index (κ2) is 5.74. The van der Waals surface area contributed by atoms with Crippen LogP contribution in [0.2, 0.25) is 0 Å². The number of nitrogens with zero attached hydrogens (tertiary/aromatic N) is 2. The van der Waals surface area contributed by atoms with Crippen molar-refractivity contribution in [1.29, 1.82) is 5.41 Å². The molecule has 20 heavy (non-hydrogen) atoms. The van der Waals surface area contributed by atoms with Gasteiger partial charge in [0.15, 0.2) is 0 Å². The first-order valence-electron chi connectivity index (χ1n) is 6.67. The molecule has 104 valence electrons. The predicted molar refractivity (Wildman–Crippen MR) is 83.9 cm³/mol. The molecule has 0 unspecified atom stereocenters. The Labute approximate surface area is 119 Å². The zero-order chi connectivity index (χ0) is 14.7. The van der Waals surface area contributed by atoms with Crippen LogP contribution >= 0.6 is 0 Å². The summed E-state index contributed by atoms with van der Waals surface area (Å²) >= 11 is 0. The number of aromatic nitrogens is 1. The Hall–Kier alpha value is -2.36. The molecular weight excluding hydrogens is 248 g/mol. The number of hydrogen-bond acceptors (Lipinski definition) is 3. The summed E-state index contributed by atoms with van der Waals surface area (Å²) in [5.41, 5.74) is 9.53. The fourth-order valence-electron chi connectivity index (χ4n) is 2.09. The minimum atomic E-state index is 0.0320. The number of benzene rings is 1. The number of nitrogen functional groups attached to an aromatic ring is 1. The molecule has 0 aliphatic carbocycles. The van der Waals surface area contributed by atoms with E-state index in [2.05, 4.69) is 36.2 Å². The summed E-state index contributed by atoms with van der Waals surface area (Å²) in [6, 6.07) is 12.1. The number of amidine groups is 1. The Balaban J connectivity index is 2.43. The van der Waals surface area contributed by atoms with Gasteiger partial charge in [-0.05, 0) is 43.2 Å². The van der Waals surface area contributed by atoms with Crippen molar-refractivity contribution in [2.45, 2.75) is 20.3 Å². The molecule has 0 saturated heterocycles. The van der Waals surface area contributed by atoms with Gasteiger partial charge >= 0.3 is 0 Å². The van der Waals surface area contributed by atoms with Gasteiger partial charge in [-0.3, -0.25) is 5.41 Å². The van der Waals surface area contributed by atoms with E-state index in [9.17, 15) is 0 Å². The van der Waals surface area contributed by atoms with Crippen LogP contribution in [0.4, 0.5) is 11.5 Å². The van der Waals surface area contributed by atoms with Gasteiger partial charge in [-0.1, -0.05) is 19.1 Å². The molecule has 1 aromatic carbocycles. The zero-order valence-electron chi connectivity index (χ0n) is 12.1. The van der Waals surface area contributed by atoms with Crippen LogP contribution in [0.5, 0.6) is 0 Å². The molecular formula is C16H20N4. The van der Waals surface area contributed by atoms with Gasteiger partial charge in [0.1, 0.15) is 11.7 Å². The molecule has 4 heteroatoms. The number of rotatable bonds is 4. The first-order chi connectivity index (χ1) is 9.52. The van der Waals surface area contributed by atoms with Crippen molar-refractivity contribution in [3.8, 4) is 0 Å². The van der Waals surface area contributed by atoms with Gasteiger partial charge in [-0.2, -0.15) is 0 Å². The second-order valence-electron chi connectivity index (χ2n) is 4.82. The van der Waals surface area contributed by atoms with Gasteiger partial charge in [-0.25, -0.2) is 4.98 Å². The van der Waals surface area contributed by atoms with Crippen molar-refractivity contribution < 1.29 is 0 Å². The summed E-state index contributed by atoms with van der Waals surface area (Å²) in [4.78, 5) is 6.48. The third-order valence-electron chi connectivity index (χ3n) is 3.35. The van der Waals surface area contributed by atoms with E-state index in [1.54, 1.807) is 0 Å². The molecule has 3 N–H and O–H groups in total. The highest BCUT2D eigenvalue weighted by molar-refractivity contribution is 6.00. The molecule has 1 aromatic heterocycles. The third kappa shape index (κ3) is 2.79. The number of aryl methyl sites for hydroxylation is 2. The Morgan fingerprint density at radius 3 is 2.40 bits per heavy atom. The summed E-state index contributed by atoms with van der Waals surface area (Å²) in [5.74, 6) is 0.742. The van der Waals surface area contributed by atoms with Crippen molar-refractivity contribution in [2.75, 3.05) is 11.9 Å². The molecule has 2 aromatic rings. The number of hydrogen-bond donors (Lipinski definition) is 2. The molecule has 4 nitrogen and oxygen atoms in total. The first-order valence-corrected chi connectivity index (χ1v) is 6.67. The summed E-state index contributed by atoms with van der Waals surface area (Å²) in [6.07, 6.45) is 1.02. The molecule has 2 rings (SSSR count). The van der Waals surface area contributed by atoms with Crippen LogP contribution in [0, 0.1) is 12.3 Å². The second-order valence-corrected chi connectivity index (χ2v) is 4.82. The van der Waals surface area contributed by atoms with Crippen LogP contribution in [0.1, 0.15) is 23.7 Å². The van der Waals surface area contributed by atoms with Gasteiger partial charge in [0.25, 0.3) is 0 Å². The quantitative estimate of drug-likeness (QED) is 0.661. The molecule has 0 bridgehead atoms. The summed E-state index contributed by atoms with van der Waals surface area (Å²) < 4.78 is 0. The topological polar surface area (TPSA) is 66.0 Å². The predicted octanol–water partition coefficient (Wildman–Crippen LogP) is 3.00. The first kappa shape index (κ1) is 14.1. The fourth-order valence-corrected chi connectivity index (χ4v) is 2.09. The molecule has 1 heterocycles. The smallest absolute Gasteiger partial charge is 0.144 e. The van der Waals surface area contributed by atoms with Crippen LogP contribution in [-0.4, -0.2) is 17.9 Å². The maximum atomic E-state index is 7.68. The normalized spacial score (nSPS) is 10.3. The Morgan fingerprint density at radius 1 is 1.20 bits per heavy atom. The average molecular weight is 268 g/mol. The van der Waals surface area contributed by atoms with E-state index in [1.165, 1.54) is 5.56 Å². The minimum absolute atomic E-state index is 0.0320. The lowest BCUT2D eigenvalue weighted by Gasteiger charge is -2.21. The number of anilines is 2. The molecule has 0 aliphatic heterocycles. The lowest BCUT2D eigenvalue weighted by atomic mass is 10.1. The van der Waals surface area contributed by atoms with Crippen molar-refractivity contribution >= 4 is 17.3 Å². The maximum absolute atomic E-state index is 7.68. The summed E-state index contributed by atoms with van der Waals surface area (Å²) in [6.45, 7) is 4.07. The SMILES string of the molecule is CCc1ccc(N(C)c2nc(C)ccc2C(=N)N)cc1. The fraction of sp³-hybridized carbons (Fsp3) is 0.250. The van der Waals surface area contributed by atoms with E-state index in [0.29, 0.717) is 11.4 Å². The highest BCUT2D eigenvalue weighted by Crippen LogP contribution is 2.25. The van der Waals surface area contributed by atoms with Crippen LogP contribution in [0.15, 0.2) is 36.4 Å². The standard InChI is InChI=1S/C16H20N4/c1-4-12-6-8-13(9-7-12)20(3)16-14(15(17)18)10-5-11(2)19-16/h5-10H,4H2,1-3H3,(H3,17,18). The van der Waals surface area contributed by atoms with E-state index in [-0.39, 0.29) is 5.84 Å². The van der Waals surface area contributed by atoms with Gasteiger partial charge in [0.05, 0.1) is 5.56 Å². The molecule has 0 atom stereocenters. The lowest BCUT2D eigenvalue weighted by molar-refractivity contribution is 1.08. The average Bonchev–Trinajstić information content (AvgIpc) is 2.46. The van der Waals surface area contributed by atoms with E-state index < -0.39 is 0 Å².